The molecule has 1 heterocycles. The van der Waals surface area contributed by atoms with Crippen molar-refractivity contribution in [3.8, 4) is 5.75 Å². The quantitative estimate of drug-likeness (QED) is 0.927. The number of ether oxygens (including phenoxy) is 1. The molecule has 0 bridgehead atoms. The van der Waals surface area contributed by atoms with E-state index in [0.717, 1.165) is 23.3 Å². The molecule has 0 aromatic heterocycles. The molecular formula is C18H20FNO. The minimum Gasteiger partial charge on any atom is -0.490 e. The Bertz CT molecular complexity index is 668. The zero-order valence-electron chi connectivity index (χ0n) is 12.6. The van der Waals surface area contributed by atoms with Gasteiger partial charge < -0.3 is 10.1 Å². The van der Waals surface area contributed by atoms with Crippen molar-refractivity contribution in [2.24, 2.45) is 0 Å². The van der Waals surface area contributed by atoms with E-state index in [9.17, 15) is 4.39 Å². The number of halogens is 1. The molecule has 1 aliphatic heterocycles. The summed E-state index contributed by atoms with van der Waals surface area (Å²) in [6.45, 7) is 3.85. The highest BCUT2D eigenvalue weighted by molar-refractivity contribution is 5.44. The van der Waals surface area contributed by atoms with Gasteiger partial charge >= 0.3 is 0 Å². The number of benzene rings is 2. The fraction of sp³-hybridized carbons (Fsp3) is 0.333. The van der Waals surface area contributed by atoms with Gasteiger partial charge in [0.25, 0.3) is 0 Å². The molecule has 21 heavy (non-hydrogen) atoms. The second-order valence-electron chi connectivity index (χ2n) is 5.73. The molecule has 1 N–H and O–H groups in total. The maximum absolute atomic E-state index is 13.8. The summed E-state index contributed by atoms with van der Waals surface area (Å²) in [6.07, 6.45) is 1.17. The summed E-state index contributed by atoms with van der Waals surface area (Å²) >= 11 is 0. The van der Waals surface area contributed by atoms with Gasteiger partial charge in [-0.3, -0.25) is 0 Å². The molecule has 0 radical (unpaired) electrons. The van der Waals surface area contributed by atoms with E-state index in [-0.39, 0.29) is 18.0 Å². The average Bonchev–Trinajstić information content (AvgIpc) is 2.83. The van der Waals surface area contributed by atoms with Gasteiger partial charge in [-0.05, 0) is 55.3 Å². The molecular weight excluding hydrogens is 265 g/mol. The van der Waals surface area contributed by atoms with Gasteiger partial charge in [-0.15, -0.1) is 0 Å². The normalized spacial score (nSPS) is 18.2. The zero-order valence-corrected chi connectivity index (χ0v) is 12.6. The number of nitrogens with one attached hydrogen (secondary N) is 1. The summed E-state index contributed by atoms with van der Waals surface area (Å²) < 4.78 is 19.5. The van der Waals surface area contributed by atoms with Crippen LogP contribution in [0.5, 0.6) is 5.75 Å². The Labute approximate surface area is 125 Å². The van der Waals surface area contributed by atoms with Gasteiger partial charge in [-0.1, -0.05) is 24.3 Å². The highest BCUT2D eigenvalue weighted by Crippen LogP contribution is 2.33. The van der Waals surface area contributed by atoms with Gasteiger partial charge in [-0.25, -0.2) is 4.39 Å². The Morgan fingerprint density at radius 2 is 1.90 bits per heavy atom. The first-order valence-corrected chi connectivity index (χ1v) is 7.31. The zero-order chi connectivity index (χ0) is 15.0. The summed E-state index contributed by atoms with van der Waals surface area (Å²) in [4.78, 5) is 0. The smallest absolute Gasteiger partial charge is 0.126 e. The van der Waals surface area contributed by atoms with E-state index in [0.29, 0.717) is 5.56 Å². The van der Waals surface area contributed by atoms with Crippen molar-refractivity contribution in [2.75, 3.05) is 7.05 Å². The summed E-state index contributed by atoms with van der Waals surface area (Å²) in [5, 5.41) is 3.28. The van der Waals surface area contributed by atoms with E-state index in [1.165, 1.54) is 5.56 Å². The Morgan fingerprint density at radius 3 is 2.62 bits per heavy atom. The molecule has 3 rings (SSSR count). The van der Waals surface area contributed by atoms with Crippen LogP contribution in [0.4, 0.5) is 4.39 Å². The second-order valence-corrected chi connectivity index (χ2v) is 5.73. The Balaban J connectivity index is 1.97. The predicted molar refractivity (Wildman–Crippen MR) is 82.3 cm³/mol. The molecule has 0 saturated heterocycles. The van der Waals surface area contributed by atoms with E-state index in [2.05, 4.69) is 24.4 Å². The molecule has 2 atom stereocenters. The van der Waals surface area contributed by atoms with Crippen molar-refractivity contribution >= 4 is 0 Å². The third-order valence-electron chi connectivity index (χ3n) is 4.07. The number of fused-ring (bicyclic) bond motifs is 1. The molecule has 0 amide bonds. The van der Waals surface area contributed by atoms with Crippen molar-refractivity contribution in [1.82, 2.24) is 5.32 Å². The average molecular weight is 285 g/mol. The lowest BCUT2D eigenvalue weighted by molar-refractivity contribution is 0.254. The fourth-order valence-corrected chi connectivity index (χ4v) is 2.94. The molecule has 0 spiro atoms. The van der Waals surface area contributed by atoms with E-state index in [1.807, 2.05) is 25.2 Å². The lowest BCUT2D eigenvalue weighted by Gasteiger charge is -2.18. The van der Waals surface area contributed by atoms with Gasteiger partial charge in [0, 0.05) is 6.42 Å². The first-order valence-electron chi connectivity index (χ1n) is 7.31. The Hall–Kier alpha value is -1.87. The van der Waals surface area contributed by atoms with Crippen LogP contribution >= 0.6 is 0 Å². The standard InChI is InChI=1S/C18H20FNO/c1-11-4-5-14(10-16(11)19)18(20-3)13-6-7-17-15(9-13)8-12(2)21-17/h4-7,9-10,12,18,20H,8H2,1-3H3. The van der Waals surface area contributed by atoms with E-state index >= 15 is 0 Å². The fourth-order valence-electron chi connectivity index (χ4n) is 2.94. The molecule has 3 heteroatoms. The van der Waals surface area contributed by atoms with Gasteiger partial charge in [0.15, 0.2) is 0 Å². The number of hydrogen-bond donors (Lipinski definition) is 1. The maximum atomic E-state index is 13.8. The van der Waals surface area contributed by atoms with Gasteiger partial charge in [0.1, 0.15) is 17.7 Å². The van der Waals surface area contributed by atoms with Crippen molar-refractivity contribution in [1.29, 1.82) is 0 Å². The first kappa shape index (κ1) is 14.1. The molecule has 110 valence electrons. The summed E-state index contributed by atoms with van der Waals surface area (Å²) in [5.41, 5.74) is 3.97. The highest BCUT2D eigenvalue weighted by Gasteiger charge is 2.21. The van der Waals surface area contributed by atoms with Crippen LogP contribution in [0.15, 0.2) is 36.4 Å². The highest BCUT2D eigenvalue weighted by atomic mass is 19.1. The predicted octanol–water partition coefficient (Wildman–Crippen LogP) is 3.77. The summed E-state index contributed by atoms with van der Waals surface area (Å²) in [6, 6.07) is 11.6. The third kappa shape index (κ3) is 2.66. The van der Waals surface area contributed by atoms with Crippen LogP contribution in [0.2, 0.25) is 0 Å². The number of aryl methyl sites for hydroxylation is 1. The van der Waals surface area contributed by atoms with Crippen LogP contribution in [0.1, 0.15) is 35.2 Å². The molecule has 1 aliphatic rings. The minimum absolute atomic E-state index is 0.0127. The molecule has 0 saturated carbocycles. The van der Waals surface area contributed by atoms with E-state index in [1.54, 1.807) is 13.0 Å². The Kier molecular flexibility index (Phi) is 3.68. The topological polar surface area (TPSA) is 21.3 Å². The molecule has 0 fully saturated rings. The molecule has 2 nitrogen and oxygen atoms in total. The van der Waals surface area contributed by atoms with Crippen molar-refractivity contribution in [3.05, 3.63) is 64.5 Å². The van der Waals surface area contributed by atoms with Crippen molar-refractivity contribution in [2.45, 2.75) is 32.4 Å². The minimum atomic E-state index is -0.161. The monoisotopic (exact) mass is 285 g/mol. The number of rotatable bonds is 3. The maximum Gasteiger partial charge on any atom is 0.126 e. The third-order valence-corrected chi connectivity index (χ3v) is 4.07. The molecule has 2 aromatic carbocycles. The van der Waals surface area contributed by atoms with Crippen LogP contribution in [0, 0.1) is 12.7 Å². The van der Waals surface area contributed by atoms with Crippen LogP contribution in [0.25, 0.3) is 0 Å². The van der Waals surface area contributed by atoms with Crippen molar-refractivity contribution < 1.29 is 9.13 Å². The second kappa shape index (κ2) is 5.49. The molecule has 0 aliphatic carbocycles. The Morgan fingerprint density at radius 1 is 1.19 bits per heavy atom. The lowest BCUT2D eigenvalue weighted by atomic mass is 9.95. The van der Waals surface area contributed by atoms with Crippen molar-refractivity contribution in [3.63, 3.8) is 0 Å². The van der Waals surface area contributed by atoms with Crippen LogP contribution in [0.3, 0.4) is 0 Å². The number of hydrogen-bond acceptors (Lipinski definition) is 2. The molecule has 2 unspecified atom stereocenters. The van der Waals surface area contributed by atoms with Gasteiger partial charge in [0.2, 0.25) is 0 Å². The lowest BCUT2D eigenvalue weighted by Crippen LogP contribution is -2.18. The van der Waals surface area contributed by atoms with Crippen LogP contribution in [-0.2, 0) is 6.42 Å². The van der Waals surface area contributed by atoms with E-state index < -0.39 is 0 Å². The van der Waals surface area contributed by atoms with Gasteiger partial charge in [-0.2, -0.15) is 0 Å². The van der Waals surface area contributed by atoms with E-state index in [4.69, 9.17) is 4.74 Å². The van der Waals surface area contributed by atoms with Gasteiger partial charge in [0.05, 0.1) is 6.04 Å². The SMILES string of the molecule is CNC(c1ccc(C)c(F)c1)c1ccc2c(c1)CC(C)O2. The van der Waals surface area contributed by atoms with Crippen LogP contribution in [-0.4, -0.2) is 13.2 Å². The summed E-state index contributed by atoms with van der Waals surface area (Å²) in [5.74, 6) is 0.807. The van der Waals surface area contributed by atoms with Crippen LogP contribution < -0.4 is 10.1 Å². The first-order chi connectivity index (χ1) is 10.1. The largest absolute Gasteiger partial charge is 0.490 e. The molecule has 2 aromatic rings. The summed E-state index contributed by atoms with van der Waals surface area (Å²) in [7, 11) is 1.90.